The van der Waals surface area contributed by atoms with E-state index in [1.807, 2.05) is 18.2 Å². The second-order valence-electron chi connectivity index (χ2n) is 4.19. The van der Waals surface area contributed by atoms with Gasteiger partial charge < -0.3 is 14.6 Å². The molecule has 1 aliphatic heterocycles. The molecule has 2 rings (SSSR count). The fraction of sp³-hybridized carbons (Fsp3) is 0.538. The predicted molar refractivity (Wildman–Crippen MR) is 65.2 cm³/mol. The SMILES string of the molecule is CCCN(CCO)Cc1ccc2c(c1)OCO2. The molecule has 94 valence electrons. The van der Waals surface area contributed by atoms with Gasteiger partial charge in [-0.3, -0.25) is 4.90 Å². The smallest absolute Gasteiger partial charge is 0.231 e. The molecule has 4 heteroatoms. The molecule has 1 N–H and O–H groups in total. The van der Waals surface area contributed by atoms with Crippen LogP contribution in [0.25, 0.3) is 0 Å². The summed E-state index contributed by atoms with van der Waals surface area (Å²) in [5, 5.41) is 9.01. The number of fused-ring (bicyclic) bond motifs is 1. The van der Waals surface area contributed by atoms with Gasteiger partial charge in [0.2, 0.25) is 6.79 Å². The van der Waals surface area contributed by atoms with Gasteiger partial charge in [0.05, 0.1) is 6.61 Å². The van der Waals surface area contributed by atoms with Gasteiger partial charge in [-0.1, -0.05) is 13.0 Å². The minimum absolute atomic E-state index is 0.199. The molecule has 0 spiro atoms. The highest BCUT2D eigenvalue weighted by Gasteiger charge is 2.14. The summed E-state index contributed by atoms with van der Waals surface area (Å²) in [5.74, 6) is 1.64. The van der Waals surface area contributed by atoms with Crippen LogP contribution in [0.5, 0.6) is 11.5 Å². The van der Waals surface area contributed by atoms with Gasteiger partial charge in [-0.15, -0.1) is 0 Å². The van der Waals surface area contributed by atoms with E-state index in [1.54, 1.807) is 0 Å². The molecule has 0 amide bonds. The monoisotopic (exact) mass is 237 g/mol. The summed E-state index contributed by atoms with van der Waals surface area (Å²) in [5.41, 5.74) is 1.19. The van der Waals surface area contributed by atoms with Gasteiger partial charge in [0.15, 0.2) is 11.5 Å². The molecule has 17 heavy (non-hydrogen) atoms. The molecule has 0 fully saturated rings. The number of aliphatic hydroxyl groups is 1. The van der Waals surface area contributed by atoms with Gasteiger partial charge in [-0.25, -0.2) is 0 Å². The number of hydrogen-bond donors (Lipinski definition) is 1. The lowest BCUT2D eigenvalue weighted by Gasteiger charge is -2.20. The van der Waals surface area contributed by atoms with Crippen LogP contribution in [0, 0.1) is 0 Å². The topological polar surface area (TPSA) is 41.9 Å². The zero-order chi connectivity index (χ0) is 12.1. The van der Waals surface area contributed by atoms with Gasteiger partial charge in [-0.05, 0) is 30.7 Å². The Bertz CT molecular complexity index is 362. The Morgan fingerprint density at radius 3 is 2.82 bits per heavy atom. The van der Waals surface area contributed by atoms with Crippen LogP contribution >= 0.6 is 0 Å². The Labute approximate surface area is 102 Å². The number of benzene rings is 1. The molecule has 0 unspecified atom stereocenters. The van der Waals surface area contributed by atoms with Crippen LogP contribution in [0.4, 0.5) is 0 Å². The second kappa shape index (κ2) is 5.89. The molecule has 0 aromatic heterocycles. The molecular weight excluding hydrogens is 218 g/mol. The number of hydrogen-bond acceptors (Lipinski definition) is 4. The van der Waals surface area contributed by atoms with Crippen molar-refractivity contribution in [2.24, 2.45) is 0 Å². The molecule has 0 aliphatic carbocycles. The van der Waals surface area contributed by atoms with Crippen molar-refractivity contribution in [2.45, 2.75) is 19.9 Å². The third-order valence-corrected chi connectivity index (χ3v) is 2.80. The Morgan fingerprint density at radius 1 is 1.24 bits per heavy atom. The van der Waals surface area contributed by atoms with Crippen LogP contribution in [0.3, 0.4) is 0 Å². The van der Waals surface area contributed by atoms with Crippen molar-refractivity contribution in [3.63, 3.8) is 0 Å². The molecular formula is C13H19NO3. The van der Waals surface area contributed by atoms with E-state index in [1.165, 1.54) is 5.56 Å². The highest BCUT2D eigenvalue weighted by Crippen LogP contribution is 2.32. The number of ether oxygens (including phenoxy) is 2. The summed E-state index contributed by atoms with van der Waals surface area (Å²) >= 11 is 0. The quantitative estimate of drug-likeness (QED) is 0.816. The molecule has 1 aromatic rings. The number of aliphatic hydroxyl groups excluding tert-OH is 1. The third-order valence-electron chi connectivity index (χ3n) is 2.80. The molecule has 0 bridgehead atoms. The van der Waals surface area contributed by atoms with E-state index in [4.69, 9.17) is 14.6 Å². The van der Waals surface area contributed by atoms with Gasteiger partial charge in [0.25, 0.3) is 0 Å². The van der Waals surface area contributed by atoms with Gasteiger partial charge in [0.1, 0.15) is 0 Å². The van der Waals surface area contributed by atoms with Crippen molar-refractivity contribution < 1.29 is 14.6 Å². The van der Waals surface area contributed by atoms with E-state index in [9.17, 15) is 0 Å². The van der Waals surface area contributed by atoms with Crippen molar-refractivity contribution in [3.05, 3.63) is 23.8 Å². The maximum atomic E-state index is 9.01. The van der Waals surface area contributed by atoms with E-state index >= 15 is 0 Å². The van der Waals surface area contributed by atoms with Gasteiger partial charge >= 0.3 is 0 Å². The minimum Gasteiger partial charge on any atom is -0.454 e. The summed E-state index contributed by atoms with van der Waals surface area (Å²) in [6.07, 6.45) is 1.09. The summed E-state index contributed by atoms with van der Waals surface area (Å²) < 4.78 is 10.6. The fourth-order valence-corrected chi connectivity index (χ4v) is 2.03. The lowest BCUT2D eigenvalue weighted by Crippen LogP contribution is -2.27. The first-order chi connectivity index (χ1) is 8.33. The molecule has 0 atom stereocenters. The van der Waals surface area contributed by atoms with E-state index < -0.39 is 0 Å². The first-order valence-corrected chi connectivity index (χ1v) is 6.05. The predicted octanol–water partition coefficient (Wildman–Crippen LogP) is 1.62. The molecule has 1 heterocycles. The Kier molecular flexibility index (Phi) is 4.23. The third kappa shape index (κ3) is 3.11. The number of rotatable bonds is 6. The first-order valence-electron chi connectivity index (χ1n) is 6.05. The molecule has 1 aromatic carbocycles. The van der Waals surface area contributed by atoms with Crippen LogP contribution in [-0.2, 0) is 6.54 Å². The Hall–Kier alpha value is -1.26. The highest BCUT2D eigenvalue weighted by atomic mass is 16.7. The second-order valence-corrected chi connectivity index (χ2v) is 4.19. The van der Waals surface area contributed by atoms with E-state index in [0.717, 1.165) is 31.0 Å². The average molecular weight is 237 g/mol. The van der Waals surface area contributed by atoms with E-state index in [2.05, 4.69) is 11.8 Å². The van der Waals surface area contributed by atoms with Crippen molar-refractivity contribution in [2.75, 3.05) is 26.5 Å². The van der Waals surface area contributed by atoms with Crippen LogP contribution in [0.15, 0.2) is 18.2 Å². The minimum atomic E-state index is 0.199. The standard InChI is InChI=1S/C13H19NO3/c1-2-5-14(6-7-15)9-11-3-4-12-13(8-11)17-10-16-12/h3-4,8,15H,2,5-7,9-10H2,1H3. The molecule has 0 saturated heterocycles. The molecule has 0 saturated carbocycles. The summed E-state index contributed by atoms with van der Waals surface area (Å²) in [7, 11) is 0. The maximum absolute atomic E-state index is 9.01. The zero-order valence-corrected chi connectivity index (χ0v) is 10.2. The lowest BCUT2D eigenvalue weighted by atomic mass is 10.2. The summed E-state index contributed by atoms with van der Waals surface area (Å²) in [6.45, 7) is 5.20. The van der Waals surface area contributed by atoms with Crippen LogP contribution < -0.4 is 9.47 Å². The van der Waals surface area contributed by atoms with Crippen LogP contribution in [0.2, 0.25) is 0 Å². The molecule has 1 aliphatic rings. The maximum Gasteiger partial charge on any atom is 0.231 e. The largest absolute Gasteiger partial charge is 0.454 e. The van der Waals surface area contributed by atoms with Crippen LogP contribution in [-0.4, -0.2) is 36.5 Å². The van der Waals surface area contributed by atoms with E-state index in [-0.39, 0.29) is 6.61 Å². The summed E-state index contributed by atoms with van der Waals surface area (Å²) in [6, 6.07) is 6.01. The molecule has 4 nitrogen and oxygen atoms in total. The van der Waals surface area contributed by atoms with Gasteiger partial charge in [0, 0.05) is 13.1 Å². The van der Waals surface area contributed by atoms with E-state index in [0.29, 0.717) is 13.3 Å². The average Bonchev–Trinajstić information content (AvgIpc) is 2.77. The fourth-order valence-electron chi connectivity index (χ4n) is 2.03. The lowest BCUT2D eigenvalue weighted by molar-refractivity contribution is 0.173. The van der Waals surface area contributed by atoms with Crippen molar-refractivity contribution >= 4 is 0 Å². The first kappa shape index (κ1) is 12.2. The Morgan fingerprint density at radius 2 is 2.06 bits per heavy atom. The number of nitrogens with zero attached hydrogens (tertiary/aromatic N) is 1. The normalized spacial score (nSPS) is 13.4. The highest BCUT2D eigenvalue weighted by molar-refractivity contribution is 5.44. The van der Waals surface area contributed by atoms with Crippen molar-refractivity contribution in [3.8, 4) is 11.5 Å². The van der Waals surface area contributed by atoms with Gasteiger partial charge in [-0.2, -0.15) is 0 Å². The summed E-state index contributed by atoms with van der Waals surface area (Å²) in [4.78, 5) is 2.23. The Balaban J connectivity index is 2.01. The zero-order valence-electron chi connectivity index (χ0n) is 10.2. The van der Waals surface area contributed by atoms with Crippen LogP contribution in [0.1, 0.15) is 18.9 Å². The molecule has 0 radical (unpaired) electrons. The van der Waals surface area contributed by atoms with Crippen molar-refractivity contribution in [1.29, 1.82) is 0 Å². The van der Waals surface area contributed by atoms with Crippen molar-refractivity contribution in [1.82, 2.24) is 4.90 Å².